The Balaban J connectivity index is 2.29. The summed E-state index contributed by atoms with van der Waals surface area (Å²) >= 11 is 0. The van der Waals surface area contributed by atoms with Gasteiger partial charge in [-0.05, 0) is 5.56 Å². The maximum atomic E-state index is 5.94. The molecule has 0 saturated heterocycles. The molecule has 0 saturated carbocycles. The molecule has 0 amide bonds. The number of aromatic nitrogens is 3. The molecule has 0 spiro atoms. The number of anilines is 1. The summed E-state index contributed by atoms with van der Waals surface area (Å²) in [6, 6.07) is 9.35. The number of nitrogen functional groups attached to an aromatic ring is 1. The predicted molar refractivity (Wildman–Crippen MR) is 53.3 cm³/mol. The molecule has 5 N–H and O–H groups in total. The first-order chi connectivity index (χ1) is 6.77. The second kappa shape index (κ2) is 3.47. The van der Waals surface area contributed by atoms with Gasteiger partial charge in [0.15, 0.2) is 0 Å². The highest BCUT2D eigenvalue weighted by Gasteiger charge is 2.11. The molecule has 0 fully saturated rings. The van der Waals surface area contributed by atoms with Gasteiger partial charge in [0, 0.05) is 0 Å². The third kappa shape index (κ3) is 1.57. The molecule has 1 atom stereocenters. The van der Waals surface area contributed by atoms with Crippen molar-refractivity contribution in [3.63, 3.8) is 0 Å². The maximum absolute atomic E-state index is 5.94. The van der Waals surface area contributed by atoms with E-state index in [4.69, 9.17) is 11.5 Å². The summed E-state index contributed by atoms with van der Waals surface area (Å²) in [6.07, 6.45) is 0. The number of rotatable bonds is 2. The standard InChI is InChI=1S/C9H11N5/c10-7(6-4-2-1-3-5-6)8-12-9(11)14-13-8/h1-5,7H,10H2,(H3,11,12,13,14)/t7-/m0/s1. The van der Waals surface area contributed by atoms with Crippen LogP contribution in [0.5, 0.6) is 0 Å². The van der Waals surface area contributed by atoms with Crippen molar-refractivity contribution in [1.82, 2.24) is 15.2 Å². The minimum atomic E-state index is -0.305. The van der Waals surface area contributed by atoms with Gasteiger partial charge in [0.05, 0.1) is 6.04 Å². The number of nitrogens with two attached hydrogens (primary N) is 2. The normalized spacial score (nSPS) is 12.6. The van der Waals surface area contributed by atoms with Crippen LogP contribution in [0.25, 0.3) is 0 Å². The van der Waals surface area contributed by atoms with Crippen molar-refractivity contribution < 1.29 is 0 Å². The van der Waals surface area contributed by atoms with Gasteiger partial charge in [0.1, 0.15) is 5.82 Å². The Bertz CT molecular complexity index is 408. The number of aromatic amines is 1. The van der Waals surface area contributed by atoms with Crippen LogP contribution in [-0.2, 0) is 0 Å². The fourth-order valence-corrected chi connectivity index (χ4v) is 1.25. The Hall–Kier alpha value is -1.88. The van der Waals surface area contributed by atoms with Crippen LogP contribution in [-0.4, -0.2) is 15.2 Å². The Morgan fingerprint density at radius 3 is 2.50 bits per heavy atom. The minimum absolute atomic E-state index is 0.214. The van der Waals surface area contributed by atoms with E-state index in [-0.39, 0.29) is 12.0 Å². The minimum Gasteiger partial charge on any atom is -0.367 e. The molecular weight excluding hydrogens is 178 g/mol. The molecule has 2 rings (SSSR count). The summed E-state index contributed by atoms with van der Waals surface area (Å²) in [6.45, 7) is 0. The van der Waals surface area contributed by atoms with Crippen LogP contribution in [0, 0.1) is 0 Å². The van der Waals surface area contributed by atoms with Crippen LogP contribution in [0.4, 0.5) is 5.95 Å². The van der Waals surface area contributed by atoms with E-state index in [0.717, 1.165) is 5.56 Å². The monoisotopic (exact) mass is 189 g/mol. The highest BCUT2D eigenvalue weighted by Crippen LogP contribution is 2.15. The van der Waals surface area contributed by atoms with E-state index >= 15 is 0 Å². The molecule has 2 aromatic rings. The number of nitrogens with zero attached hydrogens (tertiary/aromatic N) is 2. The third-order valence-corrected chi connectivity index (χ3v) is 1.97. The van der Waals surface area contributed by atoms with E-state index in [0.29, 0.717) is 5.82 Å². The Labute approximate surface area is 81.2 Å². The van der Waals surface area contributed by atoms with Crippen LogP contribution in [0.2, 0.25) is 0 Å². The topological polar surface area (TPSA) is 93.6 Å². The average molecular weight is 189 g/mol. The van der Waals surface area contributed by atoms with Gasteiger partial charge in [0.25, 0.3) is 0 Å². The number of nitrogens with one attached hydrogen (secondary N) is 1. The van der Waals surface area contributed by atoms with Gasteiger partial charge in [0.2, 0.25) is 5.95 Å². The molecule has 5 heteroatoms. The van der Waals surface area contributed by atoms with Crippen LogP contribution >= 0.6 is 0 Å². The first kappa shape index (κ1) is 8.71. The molecular formula is C9H11N5. The maximum Gasteiger partial charge on any atom is 0.239 e. The zero-order valence-corrected chi connectivity index (χ0v) is 7.51. The van der Waals surface area contributed by atoms with E-state index in [1.165, 1.54) is 0 Å². The second-order valence-electron chi connectivity index (χ2n) is 2.97. The smallest absolute Gasteiger partial charge is 0.239 e. The summed E-state index contributed by atoms with van der Waals surface area (Å²) in [4.78, 5) is 3.97. The van der Waals surface area contributed by atoms with Crippen molar-refractivity contribution in [2.45, 2.75) is 6.04 Å². The highest BCUT2D eigenvalue weighted by molar-refractivity contribution is 5.25. The van der Waals surface area contributed by atoms with Gasteiger partial charge < -0.3 is 11.5 Å². The van der Waals surface area contributed by atoms with Crippen LogP contribution in [0.3, 0.4) is 0 Å². The largest absolute Gasteiger partial charge is 0.367 e. The Morgan fingerprint density at radius 2 is 1.93 bits per heavy atom. The van der Waals surface area contributed by atoms with Crippen molar-refractivity contribution in [3.8, 4) is 0 Å². The average Bonchev–Trinajstić information content (AvgIpc) is 2.65. The summed E-state index contributed by atoms with van der Waals surface area (Å²) < 4.78 is 0. The first-order valence-corrected chi connectivity index (χ1v) is 4.25. The first-order valence-electron chi connectivity index (χ1n) is 4.25. The van der Waals surface area contributed by atoms with Crippen molar-refractivity contribution in [1.29, 1.82) is 0 Å². The van der Waals surface area contributed by atoms with E-state index < -0.39 is 0 Å². The van der Waals surface area contributed by atoms with Gasteiger partial charge in [-0.1, -0.05) is 30.3 Å². The molecule has 0 aliphatic carbocycles. The fourth-order valence-electron chi connectivity index (χ4n) is 1.25. The Kier molecular flexibility index (Phi) is 2.16. The van der Waals surface area contributed by atoms with Gasteiger partial charge in [-0.2, -0.15) is 4.98 Å². The third-order valence-electron chi connectivity index (χ3n) is 1.97. The number of benzene rings is 1. The van der Waals surface area contributed by atoms with E-state index in [9.17, 15) is 0 Å². The zero-order valence-electron chi connectivity index (χ0n) is 7.51. The summed E-state index contributed by atoms with van der Waals surface area (Å²) in [5, 5.41) is 6.42. The van der Waals surface area contributed by atoms with E-state index in [1.807, 2.05) is 30.3 Å². The summed E-state index contributed by atoms with van der Waals surface area (Å²) in [7, 11) is 0. The molecule has 0 unspecified atom stereocenters. The zero-order chi connectivity index (χ0) is 9.97. The molecule has 1 heterocycles. The lowest BCUT2D eigenvalue weighted by atomic mass is 10.1. The molecule has 0 radical (unpaired) electrons. The summed E-state index contributed by atoms with van der Waals surface area (Å²) in [5.41, 5.74) is 12.3. The van der Waals surface area contributed by atoms with Crippen LogP contribution < -0.4 is 11.5 Å². The lowest BCUT2D eigenvalue weighted by Crippen LogP contribution is -2.13. The fraction of sp³-hybridized carbons (Fsp3) is 0.111. The van der Waals surface area contributed by atoms with Gasteiger partial charge >= 0.3 is 0 Å². The van der Waals surface area contributed by atoms with Crippen molar-refractivity contribution in [3.05, 3.63) is 41.7 Å². The molecule has 1 aromatic carbocycles. The molecule has 72 valence electrons. The van der Waals surface area contributed by atoms with Crippen molar-refractivity contribution >= 4 is 5.95 Å². The quantitative estimate of drug-likeness (QED) is 0.638. The molecule has 5 nitrogen and oxygen atoms in total. The SMILES string of the molecule is Nc1n[nH]c([C@@H](N)c2ccccc2)n1. The lowest BCUT2D eigenvalue weighted by Gasteiger charge is -2.07. The van der Waals surface area contributed by atoms with E-state index in [1.54, 1.807) is 0 Å². The van der Waals surface area contributed by atoms with Crippen LogP contribution in [0.1, 0.15) is 17.4 Å². The molecule has 0 aliphatic heterocycles. The number of hydrogen-bond donors (Lipinski definition) is 3. The molecule has 1 aromatic heterocycles. The van der Waals surface area contributed by atoms with E-state index in [2.05, 4.69) is 15.2 Å². The molecule has 0 bridgehead atoms. The number of H-pyrrole nitrogens is 1. The van der Waals surface area contributed by atoms with Gasteiger partial charge in [-0.3, -0.25) is 5.10 Å². The molecule has 0 aliphatic rings. The number of hydrogen-bond acceptors (Lipinski definition) is 4. The van der Waals surface area contributed by atoms with Crippen molar-refractivity contribution in [2.24, 2.45) is 5.73 Å². The lowest BCUT2D eigenvalue weighted by molar-refractivity contribution is 0.787. The van der Waals surface area contributed by atoms with Crippen LogP contribution in [0.15, 0.2) is 30.3 Å². The highest BCUT2D eigenvalue weighted by atomic mass is 15.3. The predicted octanol–water partition coefficient (Wildman–Crippen LogP) is 0.435. The van der Waals surface area contributed by atoms with Gasteiger partial charge in [-0.15, -0.1) is 5.10 Å². The Morgan fingerprint density at radius 1 is 1.21 bits per heavy atom. The second-order valence-corrected chi connectivity index (χ2v) is 2.97. The summed E-state index contributed by atoms with van der Waals surface area (Å²) in [5.74, 6) is 0.792. The van der Waals surface area contributed by atoms with Crippen molar-refractivity contribution in [2.75, 3.05) is 5.73 Å². The molecule has 14 heavy (non-hydrogen) atoms. The van der Waals surface area contributed by atoms with Gasteiger partial charge in [-0.25, -0.2) is 0 Å².